The minimum absolute atomic E-state index is 0.00358. The lowest BCUT2D eigenvalue weighted by Gasteiger charge is -2.10. The van der Waals surface area contributed by atoms with Crippen LogP contribution in [0, 0.1) is 11.3 Å². The highest BCUT2D eigenvalue weighted by Gasteiger charge is 2.12. The van der Waals surface area contributed by atoms with Crippen molar-refractivity contribution < 1.29 is 9.90 Å². The molecule has 0 saturated heterocycles. The molecule has 5 nitrogen and oxygen atoms in total. The Morgan fingerprint density at radius 3 is 2.33 bits per heavy atom. The highest BCUT2D eigenvalue weighted by Crippen LogP contribution is 2.33. The largest absolute Gasteiger partial charge is 0.392 e. The molecule has 3 aromatic rings. The van der Waals surface area contributed by atoms with E-state index in [4.69, 9.17) is 5.11 Å². The smallest absolute Gasteiger partial charge is 0.267 e. The van der Waals surface area contributed by atoms with Crippen molar-refractivity contribution >= 4 is 23.4 Å². The van der Waals surface area contributed by atoms with Crippen LogP contribution in [0.1, 0.15) is 11.1 Å². The second-order valence-corrected chi connectivity index (χ2v) is 7.51. The van der Waals surface area contributed by atoms with E-state index >= 15 is 0 Å². The molecule has 0 aliphatic carbocycles. The maximum absolute atomic E-state index is 12.6. The third-order valence-corrected chi connectivity index (χ3v) is 5.31. The standard InChI is InChI=1S/C24H21N3O2S/c25-14-20(16-26-15-18-10-12-19(17-28)13-11-18)24(29)27-22-8-4-5-9-23(22)30-21-6-2-1-3-7-21/h1-13,16,26,28H,15,17H2,(H,27,29)/b20-16-. The number of para-hydroxylation sites is 1. The monoisotopic (exact) mass is 415 g/mol. The molecular formula is C24H21N3O2S. The predicted octanol–water partition coefficient (Wildman–Crippen LogP) is 4.47. The molecule has 6 heteroatoms. The van der Waals surface area contributed by atoms with Crippen LogP contribution in [0.2, 0.25) is 0 Å². The third-order valence-electron chi connectivity index (χ3n) is 4.23. The molecule has 3 rings (SSSR count). The van der Waals surface area contributed by atoms with Gasteiger partial charge in [0.1, 0.15) is 11.6 Å². The van der Waals surface area contributed by atoms with Crippen LogP contribution in [0.5, 0.6) is 0 Å². The Hall–Kier alpha value is -3.53. The zero-order valence-corrected chi connectivity index (χ0v) is 17.0. The van der Waals surface area contributed by atoms with E-state index in [1.807, 2.05) is 84.9 Å². The Kier molecular flexibility index (Phi) is 7.67. The molecule has 0 fully saturated rings. The van der Waals surface area contributed by atoms with E-state index < -0.39 is 5.91 Å². The molecule has 0 unspecified atom stereocenters. The van der Waals surface area contributed by atoms with Gasteiger partial charge in [-0.2, -0.15) is 5.26 Å². The summed E-state index contributed by atoms with van der Waals surface area (Å²) in [7, 11) is 0. The lowest BCUT2D eigenvalue weighted by molar-refractivity contribution is -0.112. The van der Waals surface area contributed by atoms with Crippen LogP contribution >= 0.6 is 11.8 Å². The topological polar surface area (TPSA) is 85.2 Å². The molecule has 30 heavy (non-hydrogen) atoms. The molecule has 0 atom stereocenters. The molecule has 0 aliphatic heterocycles. The minimum Gasteiger partial charge on any atom is -0.392 e. The van der Waals surface area contributed by atoms with Crippen LogP contribution in [0.25, 0.3) is 0 Å². The Bertz CT molecular complexity index is 1060. The summed E-state index contributed by atoms with van der Waals surface area (Å²) in [6, 6.07) is 26.7. The summed E-state index contributed by atoms with van der Waals surface area (Å²) in [6.07, 6.45) is 1.42. The number of hydrogen-bond donors (Lipinski definition) is 3. The van der Waals surface area contributed by atoms with Gasteiger partial charge in [0.05, 0.1) is 12.3 Å². The summed E-state index contributed by atoms with van der Waals surface area (Å²) in [5.74, 6) is -0.471. The molecule has 3 N–H and O–H groups in total. The number of carbonyl (C=O) groups excluding carboxylic acids is 1. The van der Waals surface area contributed by atoms with Gasteiger partial charge >= 0.3 is 0 Å². The summed E-state index contributed by atoms with van der Waals surface area (Å²) in [5.41, 5.74) is 2.45. The Labute approximate surface area is 180 Å². The quantitative estimate of drug-likeness (QED) is 0.373. The SMILES string of the molecule is N#C/C(=C/NCc1ccc(CO)cc1)C(=O)Nc1ccccc1Sc1ccccc1. The molecule has 0 aliphatic rings. The van der Waals surface area contributed by atoms with Gasteiger partial charge in [-0.25, -0.2) is 0 Å². The van der Waals surface area contributed by atoms with Gasteiger partial charge in [-0.05, 0) is 35.4 Å². The first-order valence-corrected chi connectivity index (χ1v) is 10.2. The van der Waals surface area contributed by atoms with E-state index in [0.717, 1.165) is 20.9 Å². The predicted molar refractivity (Wildman–Crippen MR) is 119 cm³/mol. The van der Waals surface area contributed by atoms with Crippen LogP contribution in [-0.2, 0) is 17.9 Å². The van der Waals surface area contributed by atoms with Gasteiger partial charge in [-0.3, -0.25) is 4.79 Å². The molecule has 0 bridgehead atoms. The molecule has 0 saturated carbocycles. The number of aliphatic hydroxyl groups excluding tert-OH is 1. The van der Waals surface area contributed by atoms with E-state index in [1.165, 1.54) is 6.20 Å². The van der Waals surface area contributed by atoms with Crippen molar-refractivity contribution in [2.75, 3.05) is 5.32 Å². The van der Waals surface area contributed by atoms with Gasteiger partial charge in [-0.15, -0.1) is 0 Å². The number of rotatable bonds is 8. The maximum Gasteiger partial charge on any atom is 0.267 e. The molecule has 0 heterocycles. The number of aliphatic hydroxyl groups is 1. The average molecular weight is 416 g/mol. The van der Waals surface area contributed by atoms with Crippen molar-refractivity contribution in [3.05, 3.63) is 102 Å². The fourth-order valence-corrected chi connectivity index (χ4v) is 3.57. The Balaban J connectivity index is 1.65. The Morgan fingerprint density at radius 1 is 0.967 bits per heavy atom. The van der Waals surface area contributed by atoms with Crippen LogP contribution in [0.4, 0.5) is 5.69 Å². The van der Waals surface area contributed by atoms with Crippen molar-refractivity contribution in [1.29, 1.82) is 5.26 Å². The second-order valence-electron chi connectivity index (χ2n) is 6.39. The summed E-state index contributed by atoms with van der Waals surface area (Å²) in [4.78, 5) is 14.5. The molecule has 1 amide bonds. The lowest BCUT2D eigenvalue weighted by Crippen LogP contribution is -2.17. The van der Waals surface area contributed by atoms with Crippen LogP contribution in [0.15, 0.2) is 100 Å². The third kappa shape index (κ3) is 5.98. The number of nitriles is 1. The van der Waals surface area contributed by atoms with Gasteiger partial charge in [0.2, 0.25) is 0 Å². The number of amides is 1. The maximum atomic E-state index is 12.6. The zero-order valence-electron chi connectivity index (χ0n) is 16.2. The highest BCUT2D eigenvalue weighted by molar-refractivity contribution is 7.99. The van der Waals surface area contributed by atoms with Crippen molar-refractivity contribution in [1.82, 2.24) is 5.32 Å². The van der Waals surface area contributed by atoms with Crippen molar-refractivity contribution in [3.63, 3.8) is 0 Å². The van der Waals surface area contributed by atoms with Crippen molar-refractivity contribution in [2.24, 2.45) is 0 Å². The van der Waals surface area contributed by atoms with Crippen molar-refractivity contribution in [3.8, 4) is 6.07 Å². The van der Waals surface area contributed by atoms with Gasteiger partial charge in [0, 0.05) is 22.5 Å². The van der Waals surface area contributed by atoms with Crippen LogP contribution in [-0.4, -0.2) is 11.0 Å². The minimum atomic E-state index is -0.471. The number of anilines is 1. The number of nitrogens with one attached hydrogen (secondary N) is 2. The summed E-state index contributed by atoms with van der Waals surface area (Å²) in [5, 5.41) is 24.3. The molecular weight excluding hydrogens is 394 g/mol. The lowest BCUT2D eigenvalue weighted by atomic mass is 10.1. The number of nitrogens with zero attached hydrogens (tertiary/aromatic N) is 1. The normalized spacial score (nSPS) is 10.9. The van der Waals surface area contributed by atoms with E-state index in [9.17, 15) is 10.1 Å². The van der Waals surface area contributed by atoms with E-state index in [0.29, 0.717) is 12.2 Å². The highest BCUT2D eigenvalue weighted by atomic mass is 32.2. The molecule has 0 aromatic heterocycles. The van der Waals surface area contributed by atoms with E-state index in [2.05, 4.69) is 10.6 Å². The summed E-state index contributed by atoms with van der Waals surface area (Å²) >= 11 is 1.54. The zero-order chi connectivity index (χ0) is 21.2. The summed E-state index contributed by atoms with van der Waals surface area (Å²) in [6.45, 7) is 0.459. The first-order valence-electron chi connectivity index (χ1n) is 9.35. The van der Waals surface area contributed by atoms with Gasteiger partial charge in [0.15, 0.2) is 0 Å². The van der Waals surface area contributed by atoms with Gasteiger partial charge in [0.25, 0.3) is 5.91 Å². The van der Waals surface area contributed by atoms with Crippen LogP contribution in [0.3, 0.4) is 0 Å². The van der Waals surface area contributed by atoms with E-state index in [1.54, 1.807) is 11.8 Å². The number of benzene rings is 3. The van der Waals surface area contributed by atoms with Gasteiger partial charge in [-0.1, -0.05) is 66.4 Å². The molecule has 0 radical (unpaired) electrons. The molecule has 3 aromatic carbocycles. The fourth-order valence-electron chi connectivity index (χ4n) is 2.65. The average Bonchev–Trinajstić information content (AvgIpc) is 2.79. The Morgan fingerprint density at radius 2 is 1.63 bits per heavy atom. The number of carbonyl (C=O) groups is 1. The van der Waals surface area contributed by atoms with Gasteiger partial charge < -0.3 is 15.7 Å². The number of hydrogen-bond acceptors (Lipinski definition) is 5. The molecule has 0 spiro atoms. The van der Waals surface area contributed by atoms with E-state index in [-0.39, 0.29) is 12.2 Å². The van der Waals surface area contributed by atoms with Crippen LogP contribution < -0.4 is 10.6 Å². The van der Waals surface area contributed by atoms with Crippen molar-refractivity contribution in [2.45, 2.75) is 22.9 Å². The molecule has 150 valence electrons. The second kappa shape index (κ2) is 10.9. The summed E-state index contributed by atoms with van der Waals surface area (Å²) < 4.78 is 0. The fraction of sp³-hybridized carbons (Fsp3) is 0.0833. The first-order chi connectivity index (χ1) is 14.7. The first kappa shape index (κ1) is 21.2.